The first kappa shape index (κ1) is 19.8. The summed E-state index contributed by atoms with van der Waals surface area (Å²) in [5.41, 5.74) is -0.370. The summed E-state index contributed by atoms with van der Waals surface area (Å²) in [6, 6.07) is 14.6. The first-order valence-electron chi connectivity index (χ1n) is 9.50. The predicted octanol–water partition coefficient (Wildman–Crippen LogP) is 4.37. The molecule has 2 aromatic rings. The second-order valence-electron chi connectivity index (χ2n) is 8.27. The Balaban J connectivity index is 1.53. The van der Waals surface area contributed by atoms with E-state index >= 15 is 0 Å². The molecule has 2 heterocycles. The fourth-order valence-corrected chi connectivity index (χ4v) is 4.86. The zero-order chi connectivity index (χ0) is 20.7. The molecule has 1 saturated carbocycles. The lowest BCUT2D eigenvalue weighted by atomic mass is 9.48. The summed E-state index contributed by atoms with van der Waals surface area (Å²) in [7, 11) is 0. The zero-order valence-corrected chi connectivity index (χ0v) is 15.8. The maximum absolute atomic E-state index is 13.2. The minimum atomic E-state index is -4.42. The highest BCUT2D eigenvalue weighted by molar-refractivity contribution is 5.69. The molecule has 0 aromatic heterocycles. The Labute approximate surface area is 166 Å². The van der Waals surface area contributed by atoms with Crippen LogP contribution in [0.5, 0.6) is 0 Å². The number of carbonyl (C=O) groups is 1. The fraction of sp³-hybridized carbons (Fsp3) is 0.409. The van der Waals surface area contributed by atoms with Crippen molar-refractivity contribution in [3.63, 3.8) is 0 Å². The Morgan fingerprint density at radius 3 is 2.45 bits per heavy atom. The smallest absolute Gasteiger partial charge is 0.416 e. The third-order valence-corrected chi connectivity index (χ3v) is 6.05. The number of hydrogen-bond acceptors (Lipinski definition) is 3. The normalized spacial score (nSPS) is 26.0. The molecule has 3 aliphatic rings. The predicted molar refractivity (Wildman–Crippen MR) is 100 cm³/mol. The molecule has 2 aliphatic heterocycles. The van der Waals surface area contributed by atoms with Crippen LogP contribution < -0.4 is 0 Å². The van der Waals surface area contributed by atoms with Crippen molar-refractivity contribution in [1.82, 2.24) is 4.90 Å². The number of ether oxygens (including phenoxy) is 1. The number of aliphatic hydroxyl groups excluding tert-OH is 1. The van der Waals surface area contributed by atoms with Gasteiger partial charge in [-0.05, 0) is 30.0 Å². The average molecular weight is 405 g/mol. The molecule has 2 bridgehead atoms. The standard InChI is InChI=1S/C22H22F3NO3/c23-22(24,25)18-8-4-7-17(9-18)21-11-20(12-21,15-27)13-26(14-21)19(28)29-10-16-5-2-1-3-6-16/h1-9,27H,10-15H2. The highest BCUT2D eigenvalue weighted by Gasteiger charge is 2.61. The Morgan fingerprint density at radius 2 is 1.79 bits per heavy atom. The summed E-state index contributed by atoms with van der Waals surface area (Å²) in [6.45, 7) is 0.635. The average Bonchev–Trinajstić information content (AvgIpc) is 2.71. The van der Waals surface area contributed by atoms with Crippen LogP contribution in [0.15, 0.2) is 54.6 Å². The van der Waals surface area contributed by atoms with Crippen LogP contribution in [0, 0.1) is 5.41 Å². The number of aliphatic hydroxyl groups is 1. The van der Waals surface area contributed by atoms with Crippen molar-refractivity contribution in [3.8, 4) is 0 Å². The van der Waals surface area contributed by atoms with Crippen molar-refractivity contribution < 1.29 is 27.8 Å². The van der Waals surface area contributed by atoms with Gasteiger partial charge in [-0.3, -0.25) is 0 Å². The van der Waals surface area contributed by atoms with E-state index in [1.807, 2.05) is 30.3 Å². The van der Waals surface area contributed by atoms with E-state index in [1.54, 1.807) is 6.07 Å². The Kier molecular flexibility index (Phi) is 4.81. The van der Waals surface area contributed by atoms with Crippen LogP contribution in [0.1, 0.15) is 29.5 Å². The van der Waals surface area contributed by atoms with E-state index in [9.17, 15) is 23.1 Å². The van der Waals surface area contributed by atoms with Gasteiger partial charge in [0.1, 0.15) is 6.61 Å². The Hall–Kier alpha value is -2.54. The minimum absolute atomic E-state index is 0.115. The first-order valence-corrected chi connectivity index (χ1v) is 9.50. The highest BCUT2D eigenvalue weighted by atomic mass is 19.4. The molecule has 7 heteroatoms. The topological polar surface area (TPSA) is 49.8 Å². The van der Waals surface area contributed by atoms with Gasteiger partial charge in [-0.1, -0.05) is 48.5 Å². The van der Waals surface area contributed by atoms with Gasteiger partial charge in [0, 0.05) is 23.9 Å². The number of carbonyl (C=O) groups excluding carboxylic acids is 1. The van der Waals surface area contributed by atoms with Crippen molar-refractivity contribution in [2.75, 3.05) is 19.7 Å². The lowest BCUT2D eigenvalue weighted by Gasteiger charge is -2.63. The van der Waals surface area contributed by atoms with Gasteiger partial charge in [-0.2, -0.15) is 13.2 Å². The summed E-state index contributed by atoms with van der Waals surface area (Å²) in [5, 5.41) is 9.88. The van der Waals surface area contributed by atoms with E-state index in [4.69, 9.17) is 4.74 Å². The molecule has 154 valence electrons. The summed E-state index contributed by atoms with van der Waals surface area (Å²) in [5.74, 6) is 0. The fourth-order valence-electron chi connectivity index (χ4n) is 4.86. The van der Waals surface area contributed by atoms with Crippen LogP contribution >= 0.6 is 0 Å². The summed E-state index contributed by atoms with van der Waals surface area (Å²) in [6.07, 6.45) is -3.82. The number of hydrogen-bond donors (Lipinski definition) is 1. The number of piperidine rings is 2. The molecule has 5 rings (SSSR count). The van der Waals surface area contributed by atoms with E-state index in [2.05, 4.69) is 0 Å². The first-order chi connectivity index (χ1) is 13.8. The lowest BCUT2D eigenvalue weighted by molar-refractivity contribution is -0.138. The van der Waals surface area contributed by atoms with E-state index in [1.165, 1.54) is 17.0 Å². The minimum Gasteiger partial charge on any atom is -0.445 e. The van der Waals surface area contributed by atoms with E-state index < -0.39 is 28.7 Å². The molecule has 1 amide bonds. The second kappa shape index (κ2) is 7.06. The third-order valence-electron chi connectivity index (χ3n) is 6.05. The molecule has 2 saturated heterocycles. The molecule has 0 unspecified atom stereocenters. The zero-order valence-electron chi connectivity index (χ0n) is 15.8. The molecule has 1 aliphatic carbocycles. The third kappa shape index (κ3) is 3.71. The van der Waals surface area contributed by atoms with Crippen LogP contribution in [0.25, 0.3) is 0 Å². The van der Waals surface area contributed by atoms with Crippen LogP contribution in [0.3, 0.4) is 0 Å². The van der Waals surface area contributed by atoms with Crippen LogP contribution in [-0.2, 0) is 22.9 Å². The second-order valence-corrected chi connectivity index (χ2v) is 8.27. The largest absolute Gasteiger partial charge is 0.445 e. The summed E-state index contributed by atoms with van der Waals surface area (Å²) >= 11 is 0. The number of rotatable bonds is 4. The van der Waals surface area contributed by atoms with Gasteiger partial charge in [0.05, 0.1) is 12.2 Å². The molecular formula is C22H22F3NO3. The highest BCUT2D eigenvalue weighted by Crippen LogP contribution is 2.59. The van der Waals surface area contributed by atoms with Gasteiger partial charge in [-0.25, -0.2) is 4.79 Å². The van der Waals surface area contributed by atoms with Gasteiger partial charge < -0.3 is 14.7 Å². The molecule has 0 atom stereocenters. The van der Waals surface area contributed by atoms with Crippen molar-refractivity contribution in [2.24, 2.45) is 5.41 Å². The van der Waals surface area contributed by atoms with E-state index in [-0.39, 0.29) is 19.8 Å². The van der Waals surface area contributed by atoms with Gasteiger partial charge in [0.25, 0.3) is 0 Å². The SMILES string of the molecule is O=C(OCc1ccccc1)N1CC2(CO)CC(c3cccc(C(F)(F)F)c3)(C1)C2. The van der Waals surface area contributed by atoms with Gasteiger partial charge in [0.2, 0.25) is 0 Å². The number of benzene rings is 2. The molecule has 29 heavy (non-hydrogen) atoms. The van der Waals surface area contributed by atoms with Crippen molar-refractivity contribution in [1.29, 1.82) is 0 Å². The molecule has 0 radical (unpaired) electrons. The van der Waals surface area contributed by atoms with Crippen molar-refractivity contribution in [3.05, 3.63) is 71.3 Å². The van der Waals surface area contributed by atoms with Crippen LogP contribution in [0.4, 0.5) is 18.0 Å². The quantitative estimate of drug-likeness (QED) is 0.822. The maximum Gasteiger partial charge on any atom is 0.416 e. The monoisotopic (exact) mass is 405 g/mol. The van der Waals surface area contributed by atoms with Crippen LogP contribution in [0.2, 0.25) is 0 Å². The molecule has 3 fully saturated rings. The van der Waals surface area contributed by atoms with Crippen molar-refractivity contribution in [2.45, 2.75) is 31.0 Å². The Morgan fingerprint density at radius 1 is 1.07 bits per heavy atom. The summed E-state index contributed by atoms with van der Waals surface area (Å²) in [4.78, 5) is 14.2. The van der Waals surface area contributed by atoms with Crippen LogP contribution in [-0.4, -0.2) is 35.8 Å². The Bertz CT molecular complexity index is 892. The van der Waals surface area contributed by atoms with E-state index in [0.717, 1.165) is 11.6 Å². The van der Waals surface area contributed by atoms with E-state index in [0.29, 0.717) is 24.9 Å². The van der Waals surface area contributed by atoms with Crippen molar-refractivity contribution >= 4 is 6.09 Å². The molecule has 2 aromatic carbocycles. The number of halogens is 3. The van der Waals surface area contributed by atoms with Gasteiger partial charge >= 0.3 is 12.3 Å². The number of fused-ring (bicyclic) bond motifs is 2. The lowest BCUT2D eigenvalue weighted by Crippen LogP contribution is -2.67. The molecule has 1 N–H and O–H groups in total. The summed E-state index contributed by atoms with van der Waals surface area (Å²) < 4.78 is 44.9. The van der Waals surface area contributed by atoms with Gasteiger partial charge in [-0.15, -0.1) is 0 Å². The number of amides is 1. The number of alkyl halides is 3. The molecule has 4 nitrogen and oxygen atoms in total. The van der Waals surface area contributed by atoms with Gasteiger partial charge in [0.15, 0.2) is 0 Å². The maximum atomic E-state index is 13.2. The number of nitrogens with zero attached hydrogens (tertiary/aromatic N) is 1. The molecular weight excluding hydrogens is 383 g/mol. The molecule has 0 spiro atoms.